The molecule has 0 amide bonds. The lowest BCUT2D eigenvalue weighted by atomic mass is 9.78. The van der Waals surface area contributed by atoms with Crippen LogP contribution in [0, 0.1) is 0 Å². The Bertz CT molecular complexity index is 1040. The van der Waals surface area contributed by atoms with Crippen LogP contribution in [0.15, 0.2) is 65.4 Å². The Morgan fingerprint density at radius 2 is 1.26 bits per heavy atom. The van der Waals surface area contributed by atoms with Crippen LogP contribution in [0.25, 0.3) is 0 Å². The summed E-state index contributed by atoms with van der Waals surface area (Å²) in [5.74, 6) is 1.97. The molecule has 0 aliphatic carbocycles. The molecule has 2 aromatic carbocycles. The molecule has 2 bridgehead atoms. The van der Waals surface area contributed by atoms with Crippen molar-refractivity contribution in [2.75, 3.05) is 0 Å². The first-order valence-electron chi connectivity index (χ1n) is 13.5. The molecule has 0 fully saturated rings. The molecule has 3 aliphatic heterocycles. The zero-order chi connectivity index (χ0) is 23.5. The minimum absolute atomic E-state index is 0.114. The van der Waals surface area contributed by atoms with Crippen molar-refractivity contribution in [1.82, 2.24) is 0 Å². The fourth-order valence-electron chi connectivity index (χ4n) is 5.93. The van der Waals surface area contributed by atoms with E-state index in [0.717, 1.165) is 30.8 Å². The molecule has 1 atom stereocenters. The normalized spacial score (nSPS) is 31.6. The third-order valence-corrected chi connectivity index (χ3v) is 11.7. The molecular formula is C30H40NO2P. The largest absolute Gasteiger partial charge is 0.429 e. The molecule has 4 heteroatoms. The number of hydrogen-bond acceptors (Lipinski definition) is 3. The van der Waals surface area contributed by atoms with Crippen molar-refractivity contribution in [3.8, 4) is 11.5 Å². The van der Waals surface area contributed by atoms with Crippen molar-refractivity contribution in [3.05, 3.63) is 71.8 Å². The van der Waals surface area contributed by atoms with E-state index in [1.807, 2.05) is 0 Å². The topological polar surface area (TPSA) is 30.8 Å². The van der Waals surface area contributed by atoms with Gasteiger partial charge in [-0.15, -0.1) is 0 Å². The zero-order valence-corrected chi connectivity index (χ0v) is 21.9. The predicted molar refractivity (Wildman–Crippen MR) is 143 cm³/mol. The Labute approximate surface area is 206 Å². The Morgan fingerprint density at radius 3 is 1.91 bits per heavy atom. The summed E-state index contributed by atoms with van der Waals surface area (Å²) >= 11 is 0. The number of hydrogen-bond donors (Lipinski definition) is 0. The van der Waals surface area contributed by atoms with E-state index in [1.165, 1.54) is 68.9 Å². The van der Waals surface area contributed by atoms with Gasteiger partial charge in [-0.05, 0) is 64.0 Å². The molecule has 0 aromatic heterocycles. The summed E-state index contributed by atoms with van der Waals surface area (Å²) in [4.78, 5) is 0. The molecule has 5 rings (SSSR count). The highest BCUT2D eigenvalue weighted by molar-refractivity contribution is 7.59. The maximum Gasteiger partial charge on any atom is 0.321 e. The highest BCUT2D eigenvalue weighted by atomic mass is 31.2. The molecular weight excluding hydrogens is 437 g/mol. The summed E-state index contributed by atoms with van der Waals surface area (Å²) < 4.78 is 19.7. The van der Waals surface area contributed by atoms with E-state index in [0.29, 0.717) is 0 Å². The molecule has 0 radical (unpaired) electrons. The lowest BCUT2D eigenvalue weighted by Crippen LogP contribution is -2.40. The van der Waals surface area contributed by atoms with Gasteiger partial charge < -0.3 is 9.05 Å². The van der Waals surface area contributed by atoms with Crippen LogP contribution in [0.2, 0.25) is 0 Å². The Hall–Kier alpha value is -1.99. The van der Waals surface area contributed by atoms with Crippen LogP contribution in [0.5, 0.6) is 11.5 Å². The van der Waals surface area contributed by atoms with Crippen LogP contribution >= 0.6 is 7.51 Å². The van der Waals surface area contributed by atoms with Gasteiger partial charge in [0.1, 0.15) is 17.0 Å². The van der Waals surface area contributed by atoms with Gasteiger partial charge in [0.15, 0.2) is 0 Å². The fraction of sp³-hybridized carbons (Fsp3) is 0.533. The molecule has 3 aliphatic rings. The Balaban J connectivity index is 1.65. The van der Waals surface area contributed by atoms with Crippen LogP contribution in [-0.2, 0) is 5.54 Å². The Morgan fingerprint density at radius 1 is 0.735 bits per heavy atom. The second-order valence-corrected chi connectivity index (χ2v) is 13.2. The number of allylic oxidation sites excluding steroid dienone is 2. The summed E-state index contributed by atoms with van der Waals surface area (Å²) in [5.41, 5.74) is 2.08. The van der Waals surface area contributed by atoms with E-state index < -0.39 is 7.51 Å². The van der Waals surface area contributed by atoms with Crippen LogP contribution < -0.4 is 9.05 Å². The van der Waals surface area contributed by atoms with E-state index in [4.69, 9.17) is 13.8 Å². The van der Waals surface area contributed by atoms with Crippen molar-refractivity contribution in [2.45, 2.75) is 102 Å². The molecule has 0 N–H and O–H groups in total. The summed E-state index contributed by atoms with van der Waals surface area (Å²) in [6.07, 6.45) is 19.0. The summed E-state index contributed by atoms with van der Waals surface area (Å²) in [5, 5.41) is -0.114. The quantitative estimate of drug-likeness (QED) is 0.302. The molecule has 1 unspecified atom stereocenters. The van der Waals surface area contributed by atoms with Gasteiger partial charge >= 0.3 is 7.51 Å². The lowest BCUT2D eigenvalue weighted by molar-refractivity contribution is 0.322. The minimum atomic E-state index is -2.58. The molecule has 34 heavy (non-hydrogen) atoms. The monoisotopic (exact) mass is 477 g/mol. The number of benzene rings is 2. The SMILES string of the molecule is CCC1(C)CCCCC=CCCCCCCCC23N=P1(Oc1ccccc12)Oc1ccccc13. The summed E-state index contributed by atoms with van der Waals surface area (Å²) in [6.45, 7) is 4.67. The zero-order valence-electron chi connectivity index (χ0n) is 21.0. The van der Waals surface area contributed by atoms with Gasteiger partial charge in [-0.25, -0.2) is 4.74 Å². The third kappa shape index (κ3) is 4.15. The molecule has 0 saturated carbocycles. The maximum absolute atomic E-state index is 6.95. The van der Waals surface area contributed by atoms with Crippen LogP contribution in [0.1, 0.15) is 102 Å². The van der Waals surface area contributed by atoms with Gasteiger partial charge in [0.25, 0.3) is 0 Å². The lowest BCUT2D eigenvalue weighted by Gasteiger charge is -2.50. The maximum atomic E-state index is 6.95. The van der Waals surface area contributed by atoms with Gasteiger partial charge in [-0.3, -0.25) is 0 Å². The number of para-hydroxylation sites is 2. The number of fused-ring (bicyclic) bond motifs is 2. The Kier molecular flexibility index (Phi) is 6.94. The standard InChI is InChI=1S/C30H40NO2P/c1-3-29(2)23-17-11-9-7-5-4-6-8-10-12-18-24-30-25-19-13-15-21-27(25)32-34(29,31-30)33-28-22-16-14-20-26(28)30/h5,7,13-16,19-22H,3-4,6,8-12,17-18,23-24H2,1-2H3. The highest BCUT2D eigenvalue weighted by Gasteiger charge is 2.56. The van der Waals surface area contributed by atoms with E-state index in [2.05, 4.69) is 74.5 Å². The molecule has 2 aromatic rings. The molecule has 3 nitrogen and oxygen atoms in total. The van der Waals surface area contributed by atoms with Crippen molar-refractivity contribution in [3.63, 3.8) is 0 Å². The van der Waals surface area contributed by atoms with Crippen molar-refractivity contribution in [1.29, 1.82) is 0 Å². The minimum Gasteiger partial charge on any atom is -0.429 e. The summed E-state index contributed by atoms with van der Waals surface area (Å²) in [7, 11) is -2.58. The van der Waals surface area contributed by atoms with E-state index in [1.54, 1.807) is 0 Å². The second kappa shape index (κ2) is 9.94. The van der Waals surface area contributed by atoms with Gasteiger partial charge in [0.2, 0.25) is 0 Å². The van der Waals surface area contributed by atoms with Crippen LogP contribution in [0.3, 0.4) is 0 Å². The van der Waals surface area contributed by atoms with E-state index >= 15 is 0 Å². The molecule has 3 heterocycles. The van der Waals surface area contributed by atoms with Gasteiger partial charge in [-0.1, -0.05) is 87.6 Å². The van der Waals surface area contributed by atoms with Crippen molar-refractivity contribution in [2.24, 2.45) is 4.74 Å². The smallest absolute Gasteiger partial charge is 0.321 e. The van der Waals surface area contributed by atoms with Crippen molar-refractivity contribution >= 4 is 7.51 Å². The average Bonchev–Trinajstić information content (AvgIpc) is 2.86. The molecule has 0 saturated heterocycles. The first kappa shape index (κ1) is 23.7. The van der Waals surface area contributed by atoms with Gasteiger partial charge in [0.05, 0.1) is 5.16 Å². The van der Waals surface area contributed by atoms with E-state index in [9.17, 15) is 0 Å². The first-order chi connectivity index (χ1) is 16.6. The average molecular weight is 478 g/mol. The predicted octanol–water partition coefficient (Wildman–Crippen LogP) is 9.78. The number of rotatable bonds is 1. The first-order valence-corrected chi connectivity index (χ1v) is 15.1. The van der Waals surface area contributed by atoms with Gasteiger partial charge in [-0.2, -0.15) is 0 Å². The molecule has 0 spiro atoms. The van der Waals surface area contributed by atoms with Crippen LogP contribution in [-0.4, -0.2) is 5.16 Å². The van der Waals surface area contributed by atoms with Crippen LogP contribution in [0.4, 0.5) is 0 Å². The molecule has 182 valence electrons. The van der Waals surface area contributed by atoms with Crippen molar-refractivity contribution < 1.29 is 9.05 Å². The summed E-state index contributed by atoms with van der Waals surface area (Å²) in [6, 6.07) is 17.3. The third-order valence-electron chi connectivity index (χ3n) is 8.27. The fourth-order valence-corrected chi connectivity index (χ4v) is 9.19. The van der Waals surface area contributed by atoms with Gasteiger partial charge in [0, 0.05) is 11.1 Å². The highest BCUT2D eigenvalue weighted by Crippen LogP contribution is 2.74. The number of nitrogens with zero attached hydrogens (tertiary/aromatic N) is 1. The van der Waals surface area contributed by atoms with E-state index in [-0.39, 0.29) is 10.7 Å². The second-order valence-electron chi connectivity index (χ2n) is 10.5.